The van der Waals surface area contributed by atoms with Crippen molar-refractivity contribution in [1.82, 2.24) is 9.47 Å². The van der Waals surface area contributed by atoms with E-state index in [1.54, 1.807) is 0 Å². The number of hydrogen-bond acceptors (Lipinski definition) is 2. The van der Waals surface area contributed by atoms with Crippen molar-refractivity contribution in [2.24, 2.45) is 0 Å². The quantitative estimate of drug-likeness (QED) is 0.823. The maximum Gasteiger partial charge on any atom is 0.0807 e. The van der Waals surface area contributed by atoms with Gasteiger partial charge in [0.15, 0.2) is 0 Å². The SMILES string of the molecule is OC1CCCc2c1ccn2C1CCN2CCCC12. The number of rotatable bonds is 1. The Morgan fingerprint density at radius 2 is 2.00 bits per heavy atom. The van der Waals surface area contributed by atoms with Crippen molar-refractivity contribution in [1.29, 1.82) is 0 Å². The van der Waals surface area contributed by atoms with Gasteiger partial charge in [0.2, 0.25) is 0 Å². The average molecular weight is 246 g/mol. The van der Waals surface area contributed by atoms with E-state index in [9.17, 15) is 5.11 Å². The summed E-state index contributed by atoms with van der Waals surface area (Å²) in [5.41, 5.74) is 2.63. The number of aliphatic hydroxyl groups is 1. The first kappa shape index (κ1) is 11.1. The molecule has 0 amide bonds. The molecular weight excluding hydrogens is 224 g/mol. The topological polar surface area (TPSA) is 28.4 Å². The fraction of sp³-hybridized carbons (Fsp3) is 0.733. The van der Waals surface area contributed by atoms with Crippen LogP contribution in [0, 0.1) is 0 Å². The Hall–Kier alpha value is -0.800. The summed E-state index contributed by atoms with van der Waals surface area (Å²) < 4.78 is 2.51. The predicted molar refractivity (Wildman–Crippen MR) is 70.6 cm³/mol. The van der Waals surface area contributed by atoms with Gasteiger partial charge in [-0.15, -0.1) is 0 Å². The fourth-order valence-electron chi connectivity index (χ4n) is 4.38. The van der Waals surface area contributed by atoms with E-state index in [1.807, 2.05) is 0 Å². The predicted octanol–water partition coefficient (Wildman–Crippen LogP) is 2.27. The third kappa shape index (κ3) is 1.50. The van der Waals surface area contributed by atoms with E-state index in [-0.39, 0.29) is 6.10 Å². The highest BCUT2D eigenvalue weighted by molar-refractivity contribution is 5.28. The van der Waals surface area contributed by atoms with Crippen LogP contribution >= 0.6 is 0 Å². The number of fused-ring (bicyclic) bond motifs is 2. The van der Waals surface area contributed by atoms with Crippen molar-refractivity contribution in [2.45, 2.75) is 56.7 Å². The Kier molecular flexibility index (Phi) is 2.52. The molecule has 1 aromatic rings. The van der Waals surface area contributed by atoms with Crippen LogP contribution in [0.25, 0.3) is 0 Å². The molecule has 3 heterocycles. The molecule has 1 aromatic heterocycles. The Morgan fingerprint density at radius 1 is 1.06 bits per heavy atom. The molecule has 3 atom stereocenters. The van der Waals surface area contributed by atoms with Crippen molar-refractivity contribution >= 4 is 0 Å². The van der Waals surface area contributed by atoms with Crippen molar-refractivity contribution in [3.8, 4) is 0 Å². The van der Waals surface area contributed by atoms with Gasteiger partial charge in [-0.2, -0.15) is 0 Å². The van der Waals surface area contributed by atoms with E-state index in [2.05, 4.69) is 21.7 Å². The van der Waals surface area contributed by atoms with Gasteiger partial charge < -0.3 is 9.67 Å². The highest BCUT2D eigenvalue weighted by Gasteiger charge is 2.39. The van der Waals surface area contributed by atoms with Crippen LogP contribution in [-0.2, 0) is 6.42 Å². The maximum absolute atomic E-state index is 10.1. The van der Waals surface area contributed by atoms with Crippen molar-refractivity contribution in [3.63, 3.8) is 0 Å². The minimum Gasteiger partial charge on any atom is -0.388 e. The molecule has 0 aromatic carbocycles. The molecule has 2 fully saturated rings. The lowest BCUT2D eigenvalue weighted by atomic mass is 9.94. The van der Waals surface area contributed by atoms with Gasteiger partial charge in [0, 0.05) is 30.0 Å². The zero-order valence-corrected chi connectivity index (χ0v) is 10.9. The second kappa shape index (κ2) is 4.10. The van der Waals surface area contributed by atoms with E-state index in [0.717, 1.165) is 25.3 Å². The second-order valence-corrected chi connectivity index (χ2v) is 6.13. The lowest BCUT2D eigenvalue weighted by Crippen LogP contribution is -2.28. The van der Waals surface area contributed by atoms with Crippen LogP contribution in [0.4, 0.5) is 0 Å². The van der Waals surface area contributed by atoms with E-state index in [4.69, 9.17) is 0 Å². The first-order valence-electron chi connectivity index (χ1n) is 7.46. The van der Waals surface area contributed by atoms with Crippen molar-refractivity contribution in [2.75, 3.05) is 13.1 Å². The van der Waals surface area contributed by atoms with Gasteiger partial charge in [0.05, 0.1) is 12.1 Å². The molecule has 2 aliphatic heterocycles. The van der Waals surface area contributed by atoms with E-state index in [0.29, 0.717) is 6.04 Å². The summed E-state index contributed by atoms with van der Waals surface area (Å²) in [5, 5.41) is 10.1. The van der Waals surface area contributed by atoms with Crippen molar-refractivity contribution in [3.05, 3.63) is 23.5 Å². The van der Waals surface area contributed by atoms with Crippen molar-refractivity contribution < 1.29 is 5.11 Å². The summed E-state index contributed by atoms with van der Waals surface area (Å²) in [6, 6.07) is 3.60. The lowest BCUT2D eigenvalue weighted by molar-refractivity contribution is 0.155. The monoisotopic (exact) mass is 246 g/mol. The fourth-order valence-corrected chi connectivity index (χ4v) is 4.38. The molecule has 1 aliphatic carbocycles. The number of nitrogens with zero attached hydrogens (tertiary/aromatic N) is 2. The first-order chi connectivity index (χ1) is 8.84. The van der Waals surface area contributed by atoms with Crippen LogP contribution < -0.4 is 0 Å². The summed E-state index contributed by atoms with van der Waals surface area (Å²) in [6.07, 6.45) is 9.29. The zero-order chi connectivity index (χ0) is 12.1. The van der Waals surface area contributed by atoms with E-state index >= 15 is 0 Å². The van der Waals surface area contributed by atoms with Crippen LogP contribution in [0.2, 0.25) is 0 Å². The minimum atomic E-state index is -0.212. The van der Waals surface area contributed by atoms with Gasteiger partial charge in [0.1, 0.15) is 0 Å². The van der Waals surface area contributed by atoms with Gasteiger partial charge in [-0.25, -0.2) is 0 Å². The third-order valence-corrected chi connectivity index (χ3v) is 5.24. The molecule has 0 radical (unpaired) electrons. The number of aliphatic hydroxyl groups excluding tert-OH is 1. The molecule has 2 saturated heterocycles. The Labute approximate surface area is 108 Å². The lowest BCUT2D eigenvalue weighted by Gasteiger charge is -2.26. The summed E-state index contributed by atoms with van der Waals surface area (Å²) in [5.74, 6) is 0. The number of hydrogen-bond donors (Lipinski definition) is 1. The van der Waals surface area contributed by atoms with Crippen LogP contribution in [0.5, 0.6) is 0 Å². The molecule has 1 N–H and O–H groups in total. The third-order valence-electron chi connectivity index (χ3n) is 5.24. The molecule has 98 valence electrons. The van der Waals surface area contributed by atoms with Crippen LogP contribution in [0.1, 0.15) is 55.5 Å². The average Bonchev–Trinajstić information content (AvgIpc) is 3.01. The van der Waals surface area contributed by atoms with E-state index in [1.165, 1.54) is 43.6 Å². The molecule has 3 nitrogen and oxygen atoms in total. The molecule has 18 heavy (non-hydrogen) atoms. The Balaban J connectivity index is 1.69. The van der Waals surface area contributed by atoms with Gasteiger partial charge in [-0.05, 0) is 51.1 Å². The molecule has 0 spiro atoms. The summed E-state index contributed by atoms with van der Waals surface area (Å²) in [6.45, 7) is 2.57. The van der Waals surface area contributed by atoms with Crippen LogP contribution in [0.15, 0.2) is 12.3 Å². The minimum absolute atomic E-state index is 0.212. The highest BCUT2D eigenvalue weighted by atomic mass is 16.3. The molecule has 4 rings (SSSR count). The van der Waals surface area contributed by atoms with Crippen LogP contribution in [-0.4, -0.2) is 33.7 Å². The smallest absolute Gasteiger partial charge is 0.0807 e. The molecule has 0 bridgehead atoms. The highest BCUT2D eigenvalue weighted by Crippen LogP contribution is 2.39. The van der Waals surface area contributed by atoms with Crippen LogP contribution in [0.3, 0.4) is 0 Å². The molecule has 3 unspecified atom stereocenters. The molecule has 3 heteroatoms. The Bertz CT molecular complexity index is 453. The largest absolute Gasteiger partial charge is 0.388 e. The maximum atomic E-state index is 10.1. The van der Waals surface area contributed by atoms with Gasteiger partial charge in [0.25, 0.3) is 0 Å². The summed E-state index contributed by atoms with van der Waals surface area (Å²) >= 11 is 0. The summed E-state index contributed by atoms with van der Waals surface area (Å²) in [7, 11) is 0. The first-order valence-corrected chi connectivity index (χ1v) is 7.46. The number of aromatic nitrogens is 1. The van der Waals surface area contributed by atoms with Gasteiger partial charge >= 0.3 is 0 Å². The van der Waals surface area contributed by atoms with E-state index < -0.39 is 0 Å². The second-order valence-electron chi connectivity index (χ2n) is 6.13. The van der Waals surface area contributed by atoms with Gasteiger partial charge in [-0.1, -0.05) is 0 Å². The molecule has 3 aliphatic rings. The summed E-state index contributed by atoms with van der Waals surface area (Å²) in [4.78, 5) is 2.66. The van der Waals surface area contributed by atoms with Gasteiger partial charge in [-0.3, -0.25) is 4.90 Å². The Morgan fingerprint density at radius 3 is 2.94 bits per heavy atom. The molecule has 0 saturated carbocycles. The standard InChI is InChI=1S/C15H22N2O/c18-15-5-1-3-12-11(15)6-10-17(12)14-7-9-16-8-2-4-13(14)16/h6,10,13-15,18H,1-5,7-9H2. The normalized spacial score (nSPS) is 35.7. The zero-order valence-electron chi connectivity index (χ0n) is 10.9. The molecular formula is C15H22N2O.